The van der Waals surface area contributed by atoms with E-state index in [1.807, 2.05) is 13.0 Å². The van der Waals surface area contributed by atoms with Crippen molar-refractivity contribution in [2.45, 2.75) is 39.0 Å². The van der Waals surface area contributed by atoms with Crippen molar-refractivity contribution in [2.75, 3.05) is 11.9 Å². The fourth-order valence-corrected chi connectivity index (χ4v) is 5.24. The summed E-state index contributed by atoms with van der Waals surface area (Å²) in [5.74, 6) is -0.182. The van der Waals surface area contributed by atoms with Crippen LogP contribution in [0.25, 0.3) is 10.6 Å². The maximum Gasteiger partial charge on any atom is 0.420 e. The van der Waals surface area contributed by atoms with Crippen molar-refractivity contribution in [3.05, 3.63) is 57.1 Å². The molecular formula is C22H20F3N5OS. The van der Waals surface area contributed by atoms with Crippen LogP contribution in [0.1, 0.15) is 44.4 Å². The summed E-state index contributed by atoms with van der Waals surface area (Å²) >= 11 is 1.17. The normalized spacial score (nSPS) is 15.3. The van der Waals surface area contributed by atoms with E-state index in [2.05, 4.69) is 32.0 Å². The van der Waals surface area contributed by atoms with E-state index < -0.39 is 11.7 Å². The molecule has 166 valence electrons. The highest BCUT2D eigenvalue weighted by Gasteiger charge is 2.36. The number of hydrogen-bond donors (Lipinski definition) is 3. The van der Waals surface area contributed by atoms with E-state index in [1.165, 1.54) is 23.0 Å². The van der Waals surface area contributed by atoms with Gasteiger partial charge in [-0.15, -0.1) is 11.3 Å². The van der Waals surface area contributed by atoms with E-state index in [-0.39, 0.29) is 17.5 Å². The molecule has 0 aliphatic carbocycles. The second kappa shape index (κ2) is 7.86. The number of thiophene rings is 1. The maximum atomic E-state index is 13.7. The number of benzene rings is 1. The first-order valence-corrected chi connectivity index (χ1v) is 11.1. The van der Waals surface area contributed by atoms with Crippen LogP contribution >= 0.6 is 11.3 Å². The molecule has 0 saturated heterocycles. The lowest BCUT2D eigenvalue weighted by molar-refractivity contribution is -0.137. The third-order valence-corrected chi connectivity index (χ3v) is 6.90. The topological polar surface area (TPSA) is 78.9 Å². The Morgan fingerprint density at radius 2 is 1.97 bits per heavy atom. The molecule has 2 aromatic heterocycles. The lowest BCUT2D eigenvalue weighted by atomic mass is 10.0. The highest BCUT2D eigenvalue weighted by atomic mass is 32.1. The SMILES string of the molecule is CCc1cc2c(cc1Nc1ncc(C(F)(F)F)c(-c3cc4c(s3)CCNC4=O)n1)CNC2. The molecule has 0 spiro atoms. The number of aryl methyl sites for hydroxylation is 1. The third-order valence-electron chi connectivity index (χ3n) is 5.70. The van der Waals surface area contributed by atoms with E-state index in [1.54, 1.807) is 0 Å². The minimum absolute atomic E-state index is 0.0874. The molecule has 0 radical (unpaired) electrons. The van der Waals surface area contributed by atoms with Crippen LogP contribution in [0.4, 0.5) is 24.8 Å². The molecule has 10 heteroatoms. The van der Waals surface area contributed by atoms with Gasteiger partial charge in [-0.25, -0.2) is 9.97 Å². The van der Waals surface area contributed by atoms with Gasteiger partial charge < -0.3 is 16.0 Å². The number of alkyl halides is 3. The summed E-state index contributed by atoms with van der Waals surface area (Å²) in [5, 5.41) is 9.14. The predicted molar refractivity (Wildman–Crippen MR) is 116 cm³/mol. The van der Waals surface area contributed by atoms with Gasteiger partial charge in [0.2, 0.25) is 5.95 Å². The fourth-order valence-electron chi connectivity index (χ4n) is 4.08. The molecule has 0 atom stereocenters. The lowest BCUT2D eigenvalue weighted by Crippen LogP contribution is -2.30. The Labute approximate surface area is 186 Å². The second-order valence-electron chi connectivity index (χ2n) is 7.77. The first kappa shape index (κ1) is 20.9. The number of hydrogen-bond acceptors (Lipinski definition) is 6. The van der Waals surface area contributed by atoms with E-state index in [9.17, 15) is 18.0 Å². The van der Waals surface area contributed by atoms with Crippen molar-refractivity contribution in [1.82, 2.24) is 20.6 Å². The van der Waals surface area contributed by atoms with Crippen LogP contribution in [0.15, 0.2) is 24.4 Å². The summed E-state index contributed by atoms with van der Waals surface area (Å²) in [6.45, 7) is 4.05. The van der Waals surface area contributed by atoms with E-state index in [0.717, 1.165) is 47.4 Å². The standard InChI is InChI=1S/C22H20F3N5OS/c1-2-11-5-12-8-26-9-13(12)6-16(11)29-21-28-10-15(22(23,24)25)19(30-21)18-7-14-17(32-18)3-4-27-20(14)31/h5-7,10,26H,2-4,8-9H2,1H3,(H,27,31)(H,28,29,30). The number of amides is 1. The molecule has 1 amide bonds. The summed E-state index contributed by atoms with van der Waals surface area (Å²) in [6, 6.07) is 5.60. The number of fused-ring (bicyclic) bond motifs is 2. The number of carbonyl (C=O) groups excluding carboxylic acids is 1. The molecular weight excluding hydrogens is 439 g/mol. The summed E-state index contributed by atoms with van der Waals surface area (Å²) in [4.78, 5) is 21.4. The zero-order valence-electron chi connectivity index (χ0n) is 17.2. The Kier molecular flexibility index (Phi) is 5.13. The molecule has 4 heterocycles. The molecule has 6 nitrogen and oxygen atoms in total. The van der Waals surface area contributed by atoms with Gasteiger partial charge in [0.25, 0.3) is 5.91 Å². The Morgan fingerprint density at radius 3 is 2.69 bits per heavy atom. The molecule has 2 aliphatic rings. The first-order chi connectivity index (χ1) is 15.3. The van der Waals surface area contributed by atoms with Gasteiger partial charge in [-0.1, -0.05) is 13.0 Å². The van der Waals surface area contributed by atoms with E-state index >= 15 is 0 Å². The Morgan fingerprint density at radius 1 is 1.19 bits per heavy atom. The van der Waals surface area contributed by atoms with Gasteiger partial charge in [-0.3, -0.25) is 4.79 Å². The first-order valence-electron chi connectivity index (χ1n) is 10.3. The van der Waals surface area contributed by atoms with Gasteiger partial charge in [0.05, 0.1) is 16.1 Å². The van der Waals surface area contributed by atoms with Crippen molar-refractivity contribution < 1.29 is 18.0 Å². The fraction of sp³-hybridized carbons (Fsp3) is 0.318. The van der Waals surface area contributed by atoms with Gasteiger partial charge in [0, 0.05) is 36.4 Å². The summed E-state index contributed by atoms with van der Waals surface area (Å²) in [5.41, 5.74) is 3.47. The van der Waals surface area contributed by atoms with Gasteiger partial charge in [0.15, 0.2) is 0 Å². The Balaban J connectivity index is 1.57. The Hall–Kier alpha value is -2.98. The molecule has 3 aromatic rings. The largest absolute Gasteiger partial charge is 0.420 e. The molecule has 0 fully saturated rings. The molecule has 1 aromatic carbocycles. The average Bonchev–Trinajstić information content (AvgIpc) is 3.39. The number of nitrogens with one attached hydrogen (secondary N) is 3. The highest BCUT2D eigenvalue weighted by molar-refractivity contribution is 7.15. The summed E-state index contributed by atoms with van der Waals surface area (Å²) in [6.07, 6.45) is -2.46. The van der Waals surface area contributed by atoms with Crippen molar-refractivity contribution in [1.29, 1.82) is 0 Å². The van der Waals surface area contributed by atoms with Crippen LogP contribution < -0.4 is 16.0 Å². The van der Waals surface area contributed by atoms with Gasteiger partial charge >= 0.3 is 6.18 Å². The molecule has 5 rings (SSSR count). The predicted octanol–water partition coefficient (Wildman–Crippen LogP) is 4.42. The van der Waals surface area contributed by atoms with Crippen LogP contribution in [0.3, 0.4) is 0 Å². The summed E-state index contributed by atoms with van der Waals surface area (Å²) in [7, 11) is 0. The monoisotopic (exact) mass is 459 g/mol. The smallest absolute Gasteiger partial charge is 0.352 e. The van der Waals surface area contributed by atoms with Crippen LogP contribution in [-0.2, 0) is 32.1 Å². The molecule has 0 unspecified atom stereocenters. The highest BCUT2D eigenvalue weighted by Crippen LogP contribution is 2.40. The molecule has 3 N–H and O–H groups in total. The van der Waals surface area contributed by atoms with Gasteiger partial charge in [-0.2, -0.15) is 13.2 Å². The van der Waals surface area contributed by atoms with E-state index in [4.69, 9.17) is 0 Å². The number of aromatic nitrogens is 2. The molecule has 32 heavy (non-hydrogen) atoms. The third kappa shape index (κ3) is 3.73. The van der Waals surface area contributed by atoms with Crippen LogP contribution in [0, 0.1) is 0 Å². The summed E-state index contributed by atoms with van der Waals surface area (Å²) < 4.78 is 41.2. The van der Waals surface area contributed by atoms with Gasteiger partial charge in [-0.05, 0) is 41.7 Å². The minimum atomic E-state index is -4.62. The number of halogens is 3. The zero-order valence-corrected chi connectivity index (χ0v) is 18.0. The van der Waals surface area contributed by atoms with Gasteiger partial charge in [0.1, 0.15) is 5.56 Å². The van der Waals surface area contributed by atoms with Crippen LogP contribution in [0.5, 0.6) is 0 Å². The molecule has 2 aliphatic heterocycles. The number of carbonyl (C=O) groups is 1. The quantitative estimate of drug-likeness (QED) is 0.538. The van der Waals surface area contributed by atoms with E-state index in [0.29, 0.717) is 23.4 Å². The van der Waals surface area contributed by atoms with Crippen LogP contribution in [0.2, 0.25) is 0 Å². The molecule has 0 saturated carbocycles. The lowest BCUT2D eigenvalue weighted by Gasteiger charge is -2.15. The number of nitrogens with zero attached hydrogens (tertiary/aromatic N) is 2. The minimum Gasteiger partial charge on any atom is -0.352 e. The Bertz CT molecular complexity index is 1220. The second-order valence-corrected chi connectivity index (χ2v) is 8.90. The van der Waals surface area contributed by atoms with Crippen molar-refractivity contribution >= 4 is 28.9 Å². The zero-order chi connectivity index (χ0) is 22.5. The van der Waals surface area contributed by atoms with Crippen molar-refractivity contribution in [3.63, 3.8) is 0 Å². The molecule has 0 bridgehead atoms. The number of anilines is 2. The maximum absolute atomic E-state index is 13.7. The van der Waals surface area contributed by atoms with Crippen LogP contribution in [-0.4, -0.2) is 22.4 Å². The van der Waals surface area contributed by atoms with Crippen molar-refractivity contribution in [2.24, 2.45) is 0 Å². The van der Waals surface area contributed by atoms with Crippen molar-refractivity contribution in [3.8, 4) is 10.6 Å². The number of rotatable bonds is 4. The average molecular weight is 459 g/mol.